The van der Waals surface area contributed by atoms with Gasteiger partial charge in [0.05, 0.1) is 25.5 Å². The number of ether oxygens (including phenoxy) is 1. The number of hydrogen-bond acceptors (Lipinski definition) is 4. The van der Waals surface area contributed by atoms with Gasteiger partial charge < -0.3 is 9.64 Å². The van der Waals surface area contributed by atoms with Crippen LogP contribution in [0.25, 0.3) is 0 Å². The Morgan fingerprint density at radius 2 is 1.94 bits per heavy atom. The molecule has 2 rings (SSSR count). The molecule has 1 aliphatic heterocycles. The minimum Gasteiger partial charge on any atom is -0.466 e. The van der Waals surface area contributed by atoms with E-state index in [1.807, 2.05) is 0 Å². The highest BCUT2D eigenvalue weighted by Gasteiger charge is 2.36. The van der Waals surface area contributed by atoms with Crippen LogP contribution >= 0.6 is 0 Å². The highest BCUT2D eigenvalue weighted by atomic mass is 16.5. The van der Waals surface area contributed by atoms with Crippen LogP contribution < -0.4 is 0 Å². The number of esters is 1. The summed E-state index contributed by atoms with van der Waals surface area (Å²) in [6.07, 6.45) is 3.14. The van der Waals surface area contributed by atoms with Crippen molar-refractivity contribution >= 4 is 17.7 Å². The number of rotatable bonds is 3. The Morgan fingerprint density at radius 3 is 2.44 bits per heavy atom. The molecule has 0 radical (unpaired) electrons. The number of hydrogen-bond donors (Lipinski definition) is 0. The van der Waals surface area contributed by atoms with Crippen molar-refractivity contribution in [3.05, 3.63) is 0 Å². The molecule has 1 amide bonds. The molecule has 0 aromatic heterocycles. The summed E-state index contributed by atoms with van der Waals surface area (Å²) >= 11 is 0. The van der Waals surface area contributed by atoms with Gasteiger partial charge in [0.2, 0.25) is 5.91 Å². The van der Waals surface area contributed by atoms with Crippen LogP contribution in [0, 0.1) is 5.92 Å². The first-order valence-electron chi connectivity index (χ1n) is 6.59. The molecule has 100 valence electrons. The van der Waals surface area contributed by atoms with Crippen LogP contribution in [0.15, 0.2) is 0 Å². The fraction of sp³-hybridized carbons (Fsp3) is 0.769. The summed E-state index contributed by atoms with van der Waals surface area (Å²) in [5.41, 5.74) is 0. The Labute approximate surface area is 106 Å². The lowest BCUT2D eigenvalue weighted by molar-refractivity contribution is -0.149. The Morgan fingerprint density at radius 1 is 1.28 bits per heavy atom. The van der Waals surface area contributed by atoms with Crippen LogP contribution in [0.2, 0.25) is 0 Å². The number of carbonyl (C=O) groups excluding carboxylic acids is 3. The van der Waals surface area contributed by atoms with Gasteiger partial charge in [-0.05, 0) is 32.6 Å². The maximum atomic E-state index is 11.6. The number of amides is 1. The van der Waals surface area contributed by atoms with E-state index in [4.69, 9.17) is 4.74 Å². The quantitative estimate of drug-likeness (QED) is 0.554. The van der Waals surface area contributed by atoms with E-state index in [2.05, 4.69) is 0 Å². The molecule has 5 nitrogen and oxygen atoms in total. The van der Waals surface area contributed by atoms with Crippen molar-refractivity contribution in [3.8, 4) is 0 Å². The summed E-state index contributed by atoms with van der Waals surface area (Å²) in [6.45, 7) is 2.48. The molecule has 1 saturated heterocycles. The molecule has 0 bridgehead atoms. The predicted octanol–water partition coefficient (Wildman–Crippen LogP) is 0.910. The van der Waals surface area contributed by atoms with Gasteiger partial charge in [0.1, 0.15) is 0 Å². The second-order valence-corrected chi connectivity index (χ2v) is 4.99. The van der Waals surface area contributed by atoms with E-state index in [1.54, 1.807) is 11.8 Å². The van der Waals surface area contributed by atoms with E-state index < -0.39 is 0 Å². The zero-order valence-electron chi connectivity index (χ0n) is 10.7. The first-order chi connectivity index (χ1) is 8.61. The van der Waals surface area contributed by atoms with E-state index in [0.29, 0.717) is 6.61 Å². The standard InChI is InChI=1S/C13H19NO4/c1-2-18-13(17)9-3-5-10(6-4-9)14-8-11(15)7-12(14)16/h9-10H,2-8H2,1H3. The van der Waals surface area contributed by atoms with E-state index in [-0.39, 0.29) is 42.6 Å². The lowest BCUT2D eigenvalue weighted by atomic mass is 9.85. The molecule has 2 aliphatic rings. The van der Waals surface area contributed by atoms with Gasteiger partial charge in [-0.1, -0.05) is 0 Å². The van der Waals surface area contributed by atoms with Crippen molar-refractivity contribution in [3.63, 3.8) is 0 Å². The minimum absolute atomic E-state index is 0.00696. The Balaban J connectivity index is 1.85. The van der Waals surface area contributed by atoms with Gasteiger partial charge in [0.25, 0.3) is 0 Å². The summed E-state index contributed by atoms with van der Waals surface area (Å²) in [5.74, 6) is -0.207. The van der Waals surface area contributed by atoms with Gasteiger partial charge in [0, 0.05) is 6.04 Å². The number of Topliss-reactive ketones (excluding diaryl/α,β-unsaturated/α-hetero) is 1. The largest absolute Gasteiger partial charge is 0.466 e. The number of carbonyl (C=O) groups is 3. The van der Waals surface area contributed by atoms with E-state index in [9.17, 15) is 14.4 Å². The van der Waals surface area contributed by atoms with E-state index in [1.165, 1.54) is 0 Å². The third kappa shape index (κ3) is 2.71. The molecule has 0 atom stereocenters. The third-order valence-electron chi connectivity index (χ3n) is 3.77. The average molecular weight is 253 g/mol. The van der Waals surface area contributed by atoms with Gasteiger partial charge in [-0.15, -0.1) is 0 Å². The molecule has 0 unspecified atom stereocenters. The maximum Gasteiger partial charge on any atom is 0.308 e. The molecule has 2 fully saturated rings. The van der Waals surface area contributed by atoms with Gasteiger partial charge in [-0.2, -0.15) is 0 Å². The van der Waals surface area contributed by atoms with Gasteiger partial charge in [-0.25, -0.2) is 0 Å². The topological polar surface area (TPSA) is 63.7 Å². The highest BCUT2D eigenvalue weighted by Crippen LogP contribution is 2.30. The molecule has 0 spiro atoms. The normalized spacial score (nSPS) is 28.6. The Bertz CT molecular complexity index is 358. The van der Waals surface area contributed by atoms with Crippen LogP contribution in [0.3, 0.4) is 0 Å². The summed E-state index contributed by atoms with van der Waals surface area (Å²) in [4.78, 5) is 36.1. The van der Waals surface area contributed by atoms with Crippen molar-refractivity contribution in [1.29, 1.82) is 0 Å². The molecular weight excluding hydrogens is 234 g/mol. The highest BCUT2D eigenvalue weighted by molar-refractivity contribution is 6.05. The molecule has 1 aliphatic carbocycles. The average Bonchev–Trinajstić information content (AvgIpc) is 2.69. The van der Waals surface area contributed by atoms with Crippen LogP contribution in [0.4, 0.5) is 0 Å². The molecule has 0 aromatic rings. The summed E-state index contributed by atoms with van der Waals surface area (Å²) in [6, 6.07) is 0.134. The first-order valence-corrected chi connectivity index (χ1v) is 6.59. The minimum atomic E-state index is -0.125. The number of nitrogens with zero attached hydrogens (tertiary/aromatic N) is 1. The maximum absolute atomic E-state index is 11.6. The van der Waals surface area contributed by atoms with Gasteiger partial charge in [0.15, 0.2) is 5.78 Å². The van der Waals surface area contributed by atoms with Crippen LogP contribution in [0.1, 0.15) is 39.0 Å². The zero-order chi connectivity index (χ0) is 13.1. The van der Waals surface area contributed by atoms with Crippen LogP contribution in [-0.4, -0.2) is 41.8 Å². The molecule has 0 N–H and O–H groups in total. The lowest BCUT2D eigenvalue weighted by Gasteiger charge is -2.33. The predicted molar refractivity (Wildman–Crippen MR) is 63.7 cm³/mol. The molecule has 1 saturated carbocycles. The van der Waals surface area contributed by atoms with E-state index in [0.717, 1.165) is 25.7 Å². The molecule has 18 heavy (non-hydrogen) atoms. The number of ketones is 1. The fourth-order valence-corrected chi connectivity index (χ4v) is 2.82. The molecule has 0 aromatic carbocycles. The summed E-state index contributed by atoms with van der Waals surface area (Å²) in [5, 5.41) is 0. The fourth-order valence-electron chi connectivity index (χ4n) is 2.82. The van der Waals surface area contributed by atoms with Crippen LogP contribution in [0.5, 0.6) is 0 Å². The van der Waals surface area contributed by atoms with Gasteiger partial charge in [-0.3, -0.25) is 14.4 Å². The lowest BCUT2D eigenvalue weighted by Crippen LogP contribution is -2.40. The third-order valence-corrected chi connectivity index (χ3v) is 3.77. The molecular formula is C13H19NO4. The SMILES string of the molecule is CCOC(=O)C1CCC(N2CC(=O)CC2=O)CC1. The first kappa shape index (κ1) is 13.1. The zero-order valence-corrected chi connectivity index (χ0v) is 10.7. The van der Waals surface area contributed by atoms with Crippen molar-refractivity contribution < 1.29 is 19.1 Å². The monoisotopic (exact) mass is 253 g/mol. The van der Waals surface area contributed by atoms with Crippen molar-refractivity contribution in [2.24, 2.45) is 5.92 Å². The number of likely N-dealkylation sites (tertiary alicyclic amines) is 1. The van der Waals surface area contributed by atoms with Crippen LogP contribution in [-0.2, 0) is 19.1 Å². The second kappa shape index (κ2) is 5.50. The second-order valence-electron chi connectivity index (χ2n) is 4.99. The Hall–Kier alpha value is -1.39. The molecule has 5 heteroatoms. The summed E-state index contributed by atoms with van der Waals surface area (Å²) in [7, 11) is 0. The van der Waals surface area contributed by atoms with E-state index >= 15 is 0 Å². The van der Waals surface area contributed by atoms with Crippen molar-refractivity contribution in [1.82, 2.24) is 4.90 Å². The van der Waals surface area contributed by atoms with Crippen molar-refractivity contribution in [2.45, 2.75) is 45.1 Å². The molecule has 1 heterocycles. The Kier molecular flexibility index (Phi) is 3.99. The van der Waals surface area contributed by atoms with Crippen molar-refractivity contribution in [2.75, 3.05) is 13.2 Å². The van der Waals surface area contributed by atoms with Gasteiger partial charge >= 0.3 is 5.97 Å². The smallest absolute Gasteiger partial charge is 0.308 e. The summed E-state index contributed by atoms with van der Waals surface area (Å²) < 4.78 is 5.01.